The molecule has 0 bridgehead atoms. The molecule has 17 heavy (non-hydrogen) atoms. The highest BCUT2D eigenvalue weighted by Gasteiger charge is 2.13. The molecule has 4 nitrogen and oxygen atoms in total. The first-order valence-electron chi connectivity index (χ1n) is 5.51. The number of nitrogens with zero attached hydrogens (tertiary/aromatic N) is 3. The Morgan fingerprint density at radius 2 is 2.29 bits per heavy atom. The van der Waals surface area contributed by atoms with E-state index in [1.807, 2.05) is 17.8 Å². The van der Waals surface area contributed by atoms with Gasteiger partial charge in [0.05, 0.1) is 16.6 Å². The SMILES string of the molecule is CCNCCc1nc(Cl)cc2c1c(I)nn2C. The van der Waals surface area contributed by atoms with Gasteiger partial charge >= 0.3 is 0 Å². The lowest BCUT2D eigenvalue weighted by Gasteiger charge is -2.04. The van der Waals surface area contributed by atoms with Crippen molar-refractivity contribution < 1.29 is 0 Å². The molecular formula is C11H14ClIN4. The molecule has 2 rings (SSSR count). The van der Waals surface area contributed by atoms with Crippen molar-refractivity contribution >= 4 is 45.1 Å². The van der Waals surface area contributed by atoms with Gasteiger partial charge in [0.1, 0.15) is 8.85 Å². The van der Waals surface area contributed by atoms with Gasteiger partial charge in [-0.15, -0.1) is 0 Å². The van der Waals surface area contributed by atoms with Crippen LogP contribution in [0.4, 0.5) is 0 Å². The first-order chi connectivity index (χ1) is 8.13. The zero-order valence-electron chi connectivity index (χ0n) is 9.80. The molecule has 6 heteroatoms. The van der Waals surface area contributed by atoms with Crippen molar-refractivity contribution in [2.24, 2.45) is 7.05 Å². The van der Waals surface area contributed by atoms with E-state index in [0.717, 1.165) is 39.8 Å². The minimum atomic E-state index is 0.531. The lowest BCUT2D eigenvalue weighted by Crippen LogP contribution is -2.16. The molecule has 0 amide bonds. The maximum Gasteiger partial charge on any atom is 0.133 e. The Labute approximate surface area is 119 Å². The molecule has 0 fully saturated rings. The van der Waals surface area contributed by atoms with Gasteiger partial charge in [0.15, 0.2) is 0 Å². The molecule has 1 N–H and O–H groups in total. The molecule has 2 aromatic heterocycles. The number of fused-ring (bicyclic) bond motifs is 1. The van der Waals surface area contributed by atoms with Gasteiger partial charge in [-0.1, -0.05) is 18.5 Å². The minimum absolute atomic E-state index is 0.531. The van der Waals surface area contributed by atoms with Gasteiger partial charge in [-0.3, -0.25) is 4.68 Å². The predicted molar refractivity (Wildman–Crippen MR) is 78.5 cm³/mol. The standard InChI is InChI=1S/C11H14ClIN4/c1-3-14-5-4-7-10-8(6-9(12)15-7)17(2)16-11(10)13/h6,14H,3-5H2,1-2H3. The fraction of sp³-hybridized carbons (Fsp3) is 0.455. The van der Waals surface area contributed by atoms with E-state index >= 15 is 0 Å². The van der Waals surface area contributed by atoms with Gasteiger partial charge in [0.25, 0.3) is 0 Å². The van der Waals surface area contributed by atoms with Gasteiger partial charge in [-0.2, -0.15) is 5.10 Å². The first-order valence-corrected chi connectivity index (χ1v) is 6.97. The lowest BCUT2D eigenvalue weighted by molar-refractivity contribution is 0.710. The predicted octanol–water partition coefficient (Wildman–Crippen LogP) is 2.38. The Kier molecular flexibility index (Phi) is 4.22. The molecule has 0 spiro atoms. The number of hydrogen-bond acceptors (Lipinski definition) is 3. The van der Waals surface area contributed by atoms with Crippen LogP contribution in [0.5, 0.6) is 0 Å². The molecule has 0 aliphatic rings. The summed E-state index contributed by atoms with van der Waals surface area (Å²) in [6.45, 7) is 3.96. The molecule has 0 saturated heterocycles. The summed E-state index contributed by atoms with van der Waals surface area (Å²) in [6.07, 6.45) is 0.868. The van der Waals surface area contributed by atoms with E-state index in [1.54, 1.807) is 0 Å². The van der Waals surface area contributed by atoms with Crippen LogP contribution in [0.1, 0.15) is 12.6 Å². The van der Waals surface area contributed by atoms with Crippen LogP contribution in [0.15, 0.2) is 6.07 Å². The Morgan fingerprint density at radius 3 is 3.00 bits per heavy atom. The Balaban J connectivity index is 2.45. The van der Waals surface area contributed by atoms with E-state index in [4.69, 9.17) is 11.6 Å². The molecule has 0 radical (unpaired) electrons. The van der Waals surface area contributed by atoms with E-state index in [2.05, 4.69) is 44.9 Å². The molecule has 0 aliphatic heterocycles. The van der Waals surface area contributed by atoms with Crippen molar-refractivity contribution in [1.82, 2.24) is 20.1 Å². The monoisotopic (exact) mass is 364 g/mol. The number of aryl methyl sites for hydroxylation is 1. The summed E-state index contributed by atoms with van der Waals surface area (Å²) in [6, 6.07) is 1.86. The van der Waals surface area contributed by atoms with Crippen molar-refractivity contribution in [2.45, 2.75) is 13.3 Å². The third-order valence-electron chi connectivity index (χ3n) is 2.62. The number of hydrogen-bond donors (Lipinski definition) is 1. The van der Waals surface area contributed by atoms with Crippen LogP contribution in [-0.4, -0.2) is 27.9 Å². The van der Waals surface area contributed by atoms with Gasteiger partial charge in [-0.05, 0) is 29.1 Å². The first kappa shape index (κ1) is 13.0. The quantitative estimate of drug-likeness (QED) is 0.515. The molecule has 0 atom stereocenters. The summed E-state index contributed by atoms with van der Waals surface area (Å²) in [5, 5.41) is 9.35. The fourth-order valence-electron chi connectivity index (χ4n) is 1.83. The van der Waals surface area contributed by atoms with E-state index in [9.17, 15) is 0 Å². The van der Waals surface area contributed by atoms with Crippen molar-refractivity contribution in [3.05, 3.63) is 20.6 Å². The number of nitrogens with one attached hydrogen (secondary N) is 1. The highest BCUT2D eigenvalue weighted by Crippen LogP contribution is 2.25. The number of halogens is 2. The van der Waals surface area contributed by atoms with Gasteiger partial charge < -0.3 is 5.32 Å². The summed E-state index contributed by atoms with van der Waals surface area (Å²) in [7, 11) is 1.93. The van der Waals surface area contributed by atoms with Crippen LogP contribution >= 0.6 is 34.2 Å². The maximum absolute atomic E-state index is 6.04. The molecule has 0 aliphatic carbocycles. The van der Waals surface area contributed by atoms with Crippen molar-refractivity contribution in [2.75, 3.05) is 13.1 Å². The number of likely N-dealkylation sites (N-methyl/N-ethyl adjacent to an activating group) is 1. The Hall–Kier alpha value is -0.400. The molecule has 92 valence electrons. The number of rotatable bonds is 4. The van der Waals surface area contributed by atoms with Crippen LogP contribution in [0.25, 0.3) is 10.9 Å². The third-order valence-corrected chi connectivity index (χ3v) is 3.57. The van der Waals surface area contributed by atoms with E-state index in [0.29, 0.717) is 5.15 Å². The van der Waals surface area contributed by atoms with Gasteiger partial charge in [0.2, 0.25) is 0 Å². The second kappa shape index (κ2) is 5.49. The lowest BCUT2D eigenvalue weighted by atomic mass is 10.2. The van der Waals surface area contributed by atoms with Crippen molar-refractivity contribution in [3.63, 3.8) is 0 Å². The van der Waals surface area contributed by atoms with E-state index < -0.39 is 0 Å². The van der Waals surface area contributed by atoms with Crippen molar-refractivity contribution in [1.29, 1.82) is 0 Å². The van der Waals surface area contributed by atoms with Crippen LogP contribution in [-0.2, 0) is 13.5 Å². The van der Waals surface area contributed by atoms with E-state index in [-0.39, 0.29) is 0 Å². The van der Waals surface area contributed by atoms with Gasteiger partial charge in [0, 0.05) is 26.1 Å². The molecule has 2 heterocycles. The average Bonchev–Trinajstić information content (AvgIpc) is 2.54. The maximum atomic E-state index is 6.04. The fourth-order valence-corrected chi connectivity index (χ4v) is 2.95. The zero-order chi connectivity index (χ0) is 12.4. The van der Waals surface area contributed by atoms with Gasteiger partial charge in [-0.25, -0.2) is 4.98 Å². The normalized spacial score (nSPS) is 11.3. The molecule has 0 unspecified atom stereocenters. The average molecular weight is 365 g/mol. The molecule has 2 aromatic rings. The largest absolute Gasteiger partial charge is 0.317 e. The third kappa shape index (κ3) is 2.71. The topological polar surface area (TPSA) is 42.7 Å². The van der Waals surface area contributed by atoms with Crippen LogP contribution in [0.2, 0.25) is 5.15 Å². The van der Waals surface area contributed by atoms with Crippen LogP contribution in [0, 0.1) is 3.70 Å². The smallest absolute Gasteiger partial charge is 0.133 e. The van der Waals surface area contributed by atoms with E-state index in [1.165, 1.54) is 0 Å². The summed E-state index contributed by atoms with van der Waals surface area (Å²) in [4.78, 5) is 4.41. The molecular weight excluding hydrogens is 351 g/mol. The molecule has 0 aromatic carbocycles. The summed E-state index contributed by atoms with van der Waals surface area (Å²) in [5.41, 5.74) is 2.06. The Morgan fingerprint density at radius 1 is 1.53 bits per heavy atom. The highest BCUT2D eigenvalue weighted by molar-refractivity contribution is 14.1. The summed E-state index contributed by atoms with van der Waals surface area (Å²) < 4.78 is 2.83. The Bertz CT molecular complexity index is 538. The van der Waals surface area contributed by atoms with Crippen molar-refractivity contribution in [3.8, 4) is 0 Å². The number of aromatic nitrogens is 3. The van der Waals surface area contributed by atoms with Crippen LogP contribution < -0.4 is 5.32 Å². The second-order valence-electron chi connectivity index (χ2n) is 3.80. The summed E-state index contributed by atoms with van der Waals surface area (Å²) >= 11 is 8.28. The molecule has 0 saturated carbocycles. The van der Waals surface area contributed by atoms with Crippen LogP contribution in [0.3, 0.4) is 0 Å². The summed E-state index contributed by atoms with van der Waals surface area (Å²) in [5.74, 6) is 0. The second-order valence-corrected chi connectivity index (χ2v) is 5.21. The zero-order valence-corrected chi connectivity index (χ0v) is 12.7. The minimum Gasteiger partial charge on any atom is -0.317 e. The number of pyridine rings is 1. The highest BCUT2D eigenvalue weighted by atomic mass is 127.